The molecule has 156 valence electrons. The monoisotopic (exact) mass is 406 g/mol. The van der Waals surface area contributed by atoms with Crippen LogP contribution in [0.3, 0.4) is 0 Å². The Labute approximate surface area is 175 Å². The van der Waals surface area contributed by atoms with Gasteiger partial charge in [0.25, 0.3) is 0 Å². The first-order valence-corrected chi connectivity index (χ1v) is 9.83. The van der Waals surface area contributed by atoms with Crippen LogP contribution in [-0.4, -0.2) is 38.7 Å². The molecule has 0 fully saturated rings. The van der Waals surface area contributed by atoms with E-state index in [1.807, 2.05) is 0 Å². The number of carboxylic acid groups (broad SMARTS) is 1. The van der Waals surface area contributed by atoms with Gasteiger partial charge < -0.3 is 21.3 Å². The SMILES string of the molecule is CC(C)C[C@@H](N)CNc1ccnc(-c2cc(-c3ccc(C(=O)O)cc3)ccc2O)n1. The number of rotatable bonds is 8. The van der Waals surface area contributed by atoms with Crippen molar-refractivity contribution in [2.75, 3.05) is 11.9 Å². The summed E-state index contributed by atoms with van der Waals surface area (Å²) in [4.78, 5) is 19.9. The van der Waals surface area contributed by atoms with Crippen molar-refractivity contribution in [3.63, 3.8) is 0 Å². The quantitative estimate of drug-likeness (QED) is 0.446. The van der Waals surface area contributed by atoms with Gasteiger partial charge in [0.1, 0.15) is 11.6 Å². The molecule has 30 heavy (non-hydrogen) atoms. The van der Waals surface area contributed by atoms with Gasteiger partial charge in [0.15, 0.2) is 5.82 Å². The molecular weight excluding hydrogens is 380 g/mol. The average molecular weight is 406 g/mol. The molecule has 0 unspecified atom stereocenters. The van der Waals surface area contributed by atoms with Crippen LogP contribution in [0.1, 0.15) is 30.6 Å². The second-order valence-corrected chi connectivity index (χ2v) is 7.65. The number of benzene rings is 2. The molecule has 7 heteroatoms. The number of carboxylic acids is 1. The Hall–Kier alpha value is -3.45. The van der Waals surface area contributed by atoms with Gasteiger partial charge in [-0.25, -0.2) is 14.8 Å². The van der Waals surface area contributed by atoms with Crippen LogP contribution in [0.5, 0.6) is 5.75 Å². The van der Waals surface area contributed by atoms with Crippen molar-refractivity contribution in [1.82, 2.24) is 9.97 Å². The average Bonchev–Trinajstić information content (AvgIpc) is 2.72. The molecule has 3 aromatic rings. The van der Waals surface area contributed by atoms with Crippen LogP contribution >= 0.6 is 0 Å². The molecule has 0 spiro atoms. The second kappa shape index (κ2) is 9.37. The van der Waals surface area contributed by atoms with Crippen molar-refractivity contribution in [3.05, 3.63) is 60.3 Å². The summed E-state index contributed by atoms with van der Waals surface area (Å²) in [6.45, 7) is 4.86. The third-order valence-electron chi connectivity index (χ3n) is 4.68. The molecule has 0 bridgehead atoms. The summed E-state index contributed by atoms with van der Waals surface area (Å²) in [6.07, 6.45) is 2.54. The fourth-order valence-electron chi connectivity index (χ4n) is 3.21. The molecule has 7 nitrogen and oxygen atoms in total. The van der Waals surface area contributed by atoms with Crippen LogP contribution in [0.25, 0.3) is 22.5 Å². The number of aromatic carboxylic acids is 1. The van der Waals surface area contributed by atoms with Crippen molar-refractivity contribution < 1.29 is 15.0 Å². The van der Waals surface area contributed by atoms with E-state index in [2.05, 4.69) is 29.1 Å². The van der Waals surface area contributed by atoms with Crippen LogP contribution in [0, 0.1) is 5.92 Å². The van der Waals surface area contributed by atoms with Crippen LogP contribution in [0.4, 0.5) is 5.82 Å². The van der Waals surface area contributed by atoms with Gasteiger partial charge in [0.05, 0.1) is 11.1 Å². The lowest BCUT2D eigenvalue weighted by Gasteiger charge is -2.15. The Morgan fingerprint density at radius 1 is 1.10 bits per heavy atom. The maximum absolute atomic E-state index is 11.0. The minimum Gasteiger partial charge on any atom is -0.507 e. The molecule has 0 amide bonds. The van der Waals surface area contributed by atoms with Gasteiger partial charge in [-0.3, -0.25) is 0 Å². The number of phenols is 1. The molecule has 0 aliphatic carbocycles. The van der Waals surface area contributed by atoms with Gasteiger partial charge >= 0.3 is 5.97 Å². The fourth-order valence-corrected chi connectivity index (χ4v) is 3.21. The summed E-state index contributed by atoms with van der Waals surface area (Å²) in [6, 6.07) is 13.5. The highest BCUT2D eigenvalue weighted by molar-refractivity contribution is 5.88. The largest absolute Gasteiger partial charge is 0.507 e. The summed E-state index contributed by atoms with van der Waals surface area (Å²) in [5, 5.41) is 22.7. The summed E-state index contributed by atoms with van der Waals surface area (Å²) in [5.41, 5.74) is 8.48. The molecule has 1 atom stereocenters. The maximum atomic E-state index is 11.0. The van der Waals surface area contributed by atoms with Crippen LogP contribution in [0.15, 0.2) is 54.7 Å². The van der Waals surface area contributed by atoms with E-state index in [-0.39, 0.29) is 17.4 Å². The van der Waals surface area contributed by atoms with Crippen molar-refractivity contribution in [2.24, 2.45) is 11.7 Å². The highest BCUT2D eigenvalue weighted by atomic mass is 16.4. The zero-order chi connectivity index (χ0) is 21.7. The smallest absolute Gasteiger partial charge is 0.335 e. The number of carbonyl (C=O) groups is 1. The van der Waals surface area contributed by atoms with E-state index in [1.165, 1.54) is 0 Å². The van der Waals surface area contributed by atoms with Crippen molar-refractivity contribution in [2.45, 2.75) is 26.3 Å². The molecule has 0 aliphatic heterocycles. The minimum absolute atomic E-state index is 0.0221. The number of nitrogens with one attached hydrogen (secondary N) is 1. The normalized spacial score (nSPS) is 12.0. The first-order valence-electron chi connectivity index (χ1n) is 9.83. The third-order valence-corrected chi connectivity index (χ3v) is 4.68. The van der Waals surface area contributed by atoms with E-state index < -0.39 is 5.97 Å². The molecule has 3 rings (SSSR count). The van der Waals surface area contributed by atoms with E-state index in [4.69, 9.17) is 10.8 Å². The Morgan fingerprint density at radius 2 is 1.80 bits per heavy atom. The molecule has 1 heterocycles. The molecule has 0 saturated heterocycles. The zero-order valence-electron chi connectivity index (χ0n) is 17.0. The Balaban J connectivity index is 1.83. The number of hydrogen-bond acceptors (Lipinski definition) is 6. The van der Waals surface area contributed by atoms with Crippen molar-refractivity contribution in [3.8, 4) is 28.3 Å². The van der Waals surface area contributed by atoms with E-state index >= 15 is 0 Å². The number of nitrogens with zero attached hydrogens (tertiary/aromatic N) is 2. The number of phenolic OH excluding ortho intramolecular Hbond substituents is 1. The number of nitrogens with two attached hydrogens (primary N) is 1. The van der Waals surface area contributed by atoms with Gasteiger partial charge in [-0.2, -0.15) is 0 Å². The number of aromatic nitrogens is 2. The maximum Gasteiger partial charge on any atom is 0.335 e. The molecule has 0 aliphatic rings. The van der Waals surface area contributed by atoms with Gasteiger partial charge in [-0.15, -0.1) is 0 Å². The molecule has 1 aromatic heterocycles. The summed E-state index contributed by atoms with van der Waals surface area (Å²) < 4.78 is 0. The third kappa shape index (κ3) is 5.33. The van der Waals surface area contributed by atoms with E-state index in [1.54, 1.807) is 54.7 Å². The molecular formula is C23H26N4O3. The summed E-state index contributed by atoms with van der Waals surface area (Å²) >= 11 is 0. The number of hydrogen-bond donors (Lipinski definition) is 4. The number of anilines is 1. The standard InChI is InChI=1S/C23H26N4O3/c1-14(2)11-18(24)13-26-21-9-10-25-22(27-21)19-12-17(7-8-20(19)28)15-3-5-16(6-4-15)23(29)30/h3-10,12,14,18,28H,11,13,24H2,1-2H3,(H,29,30)(H,25,26,27)/t18-/m1/s1. The minimum atomic E-state index is -0.973. The second-order valence-electron chi connectivity index (χ2n) is 7.65. The zero-order valence-corrected chi connectivity index (χ0v) is 17.0. The number of aromatic hydroxyl groups is 1. The first-order chi connectivity index (χ1) is 14.3. The van der Waals surface area contributed by atoms with Crippen LogP contribution in [0.2, 0.25) is 0 Å². The van der Waals surface area contributed by atoms with Gasteiger partial charge in [0, 0.05) is 18.8 Å². The molecule has 0 saturated carbocycles. The lowest BCUT2D eigenvalue weighted by molar-refractivity contribution is 0.0697. The van der Waals surface area contributed by atoms with Crippen molar-refractivity contribution >= 4 is 11.8 Å². The van der Waals surface area contributed by atoms with E-state index in [0.29, 0.717) is 29.7 Å². The van der Waals surface area contributed by atoms with Crippen LogP contribution in [-0.2, 0) is 0 Å². The predicted octanol–water partition coefficient (Wildman–Crippen LogP) is 4.00. The van der Waals surface area contributed by atoms with E-state index in [9.17, 15) is 9.90 Å². The Kier molecular flexibility index (Phi) is 6.64. The lowest BCUT2D eigenvalue weighted by atomic mass is 10.0. The summed E-state index contributed by atoms with van der Waals surface area (Å²) in [5.74, 6) is 0.633. The van der Waals surface area contributed by atoms with E-state index in [0.717, 1.165) is 17.5 Å². The molecule has 2 aromatic carbocycles. The van der Waals surface area contributed by atoms with Gasteiger partial charge in [-0.1, -0.05) is 32.0 Å². The highest BCUT2D eigenvalue weighted by Crippen LogP contribution is 2.32. The first kappa shape index (κ1) is 21.3. The molecule has 5 N–H and O–H groups in total. The Bertz CT molecular complexity index is 1020. The fraction of sp³-hybridized carbons (Fsp3) is 0.261. The van der Waals surface area contributed by atoms with Gasteiger partial charge in [0.2, 0.25) is 0 Å². The van der Waals surface area contributed by atoms with Crippen molar-refractivity contribution in [1.29, 1.82) is 0 Å². The van der Waals surface area contributed by atoms with Gasteiger partial charge in [-0.05, 0) is 53.8 Å². The highest BCUT2D eigenvalue weighted by Gasteiger charge is 2.12. The lowest BCUT2D eigenvalue weighted by Crippen LogP contribution is -2.30. The Morgan fingerprint density at radius 3 is 2.47 bits per heavy atom. The topological polar surface area (TPSA) is 121 Å². The summed E-state index contributed by atoms with van der Waals surface area (Å²) in [7, 11) is 0. The molecule has 0 radical (unpaired) electrons. The predicted molar refractivity (Wildman–Crippen MR) is 117 cm³/mol. The van der Waals surface area contributed by atoms with Crippen LogP contribution < -0.4 is 11.1 Å².